The molecule has 2 bridgehead atoms. The number of nitrogens with one attached hydrogen (secondary N) is 1. The Morgan fingerprint density at radius 1 is 0.538 bits per heavy atom. The number of hydrogen-bond donors (Lipinski definition) is 1. The topological polar surface area (TPSA) is 12.0 Å². The molecule has 2 saturated heterocycles. The van der Waals surface area contributed by atoms with Crippen LogP contribution in [0.2, 0.25) is 0 Å². The average Bonchev–Trinajstić information content (AvgIpc) is 2.17. The monoisotopic (exact) mass is 181 g/mol. The van der Waals surface area contributed by atoms with Crippen LogP contribution in [-0.4, -0.2) is 12.1 Å². The highest BCUT2D eigenvalue weighted by Gasteiger charge is 2.20. The Morgan fingerprint density at radius 2 is 1.00 bits per heavy atom. The lowest BCUT2D eigenvalue weighted by atomic mass is 9.90. The van der Waals surface area contributed by atoms with Crippen molar-refractivity contribution < 1.29 is 0 Å². The van der Waals surface area contributed by atoms with Crippen molar-refractivity contribution in [1.82, 2.24) is 5.32 Å². The molecule has 0 amide bonds. The molecule has 2 rings (SSSR count). The van der Waals surface area contributed by atoms with Crippen LogP contribution in [0, 0.1) is 0 Å². The van der Waals surface area contributed by atoms with Gasteiger partial charge in [0.05, 0.1) is 0 Å². The normalized spacial score (nSPS) is 36.9. The zero-order chi connectivity index (χ0) is 8.93. The van der Waals surface area contributed by atoms with E-state index in [9.17, 15) is 0 Å². The van der Waals surface area contributed by atoms with E-state index in [1.54, 1.807) is 0 Å². The highest BCUT2D eigenvalue weighted by atomic mass is 15.0. The van der Waals surface area contributed by atoms with Gasteiger partial charge in [0.25, 0.3) is 0 Å². The molecule has 2 atom stereocenters. The largest absolute Gasteiger partial charge is 0.311 e. The van der Waals surface area contributed by atoms with Gasteiger partial charge in [-0.1, -0.05) is 38.5 Å². The Bertz CT molecular complexity index is 130. The van der Waals surface area contributed by atoms with E-state index in [1.807, 2.05) is 0 Å². The lowest BCUT2D eigenvalue weighted by Crippen LogP contribution is -2.42. The molecule has 0 spiro atoms. The standard InChI is InChI=1S/C12H23N/c1-2-4-7-11-9-6-10-12(13-11)8-5-3-1/h11-13H,1-10H2. The van der Waals surface area contributed by atoms with E-state index in [-0.39, 0.29) is 0 Å². The summed E-state index contributed by atoms with van der Waals surface area (Å²) in [6, 6.07) is 1.74. The lowest BCUT2D eigenvalue weighted by Gasteiger charge is -2.32. The van der Waals surface area contributed by atoms with Gasteiger partial charge in [0.1, 0.15) is 0 Å². The predicted molar refractivity (Wildman–Crippen MR) is 56.9 cm³/mol. The number of rotatable bonds is 0. The van der Waals surface area contributed by atoms with Crippen LogP contribution >= 0.6 is 0 Å². The van der Waals surface area contributed by atoms with Crippen LogP contribution in [0.25, 0.3) is 0 Å². The summed E-state index contributed by atoms with van der Waals surface area (Å²) in [4.78, 5) is 0. The Hall–Kier alpha value is -0.0400. The minimum atomic E-state index is 0.872. The minimum Gasteiger partial charge on any atom is -0.311 e. The molecule has 76 valence electrons. The van der Waals surface area contributed by atoms with Crippen LogP contribution in [0.1, 0.15) is 64.2 Å². The smallest absolute Gasteiger partial charge is 0.00696 e. The van der Waals surface area contributed by atoms with Gasteiger partial charge in [-0.15, -0.1) is 0 Å². The lowest BCUT2D eigenvalue weighted by molar-refractivity contribution is 0.278. The maximum atomic E-state index is 3.82. The van der Waals surface area contributed by atoms with Gasteiger partial charge in [0, 0.05) is 12.1 Å². The molecule has 13 heavy (non-hydrogen) atoms. The predicted octanol–water partition coefficient (Wildman–Crippen LogP) is 3.24. The summed E-state index contributed by atoms with van der Waals surface area (Å²) in [5.41, 5.74) is 0. The number of fused-ring (bicyclic) bond motifs is 2. The molecule has 0 aliphatic carbocycles. The first-order chi connectivity index (χ1) is 6.45. The van der Waals surface area contributed by atoms with E-state index < -0.39 is 0 Å². The summed E-state index contributed by atoms with van der Waals surface area (Å²) in [6.07, 6.45) is 14.6. The van der Waals surface area contributed by atoms with Gasteiger partial charge in [-0.25, -0.2) is 0 Å². The zero-order valence-electron chi connectivity index (χ0n) is 8.73. The van der Waals surface area contributed by atoms with Crippen LogP contribution in [0.5, 0.6) is 0 Å². The van der Waals surface area contributed by atoms with E-state index in [0.717, 1.165) is 12.1 Å². The second-order valence-electron chi connectivity index (χ2n) is 4.84. The summed E-state index contributed by atoms with van der Waals surface area (Å²) in [5, 5.41) is 3.82. The Balaban J connectivity index is 1.83. The summed E-state index contributed by atoms with van der Waals surface area (Å²) in [7, 11) is 0. The first kappa shape index (κ1) is 9.51. The van der Waals surface area contributed by atoms with Crippen LogP contribution in [0.4, 0.5) is 0 Å². The summed E-state index contributed by atoms with van der Waals surface area (Å²) in [6.45, 7) is 0. The third-order valence-electron chi connectivity index (χ3n) is 3.68. The maximum absolute atomic E-state index is 3.82. The van der Waals surface area contributed by atoms with Gasteiger partial charge in [0.2, 0.25) is 0 Å². The molecule has 1 N–H and O–H groups in total. The maximum Gasteiger partial charge on any atom is 0.00696 e. The average molecular weight is 181 g/mol. The third kappa shape index (κ3) is 2.98. The Kier molecular flexibility index (Phi) is 3.65. The van der Waals surface area contributed by atoms with Gasteiger partial charge in [-0.2, -0.15) is 0 Å². The van der Waals surface area contributed by atoms with Crippen molar-refractivity contribution in [1.29, 1.82) is 0 Å². The third-order valence-corrected chi connectivity index (χ3v) is 3.68. The van der Waals surface area contributed by atoms with E-state index >= 15 is 0 Å². The van der Waals surface area contributed by atoms with Crippen molar-refractivity contribution in [2.45, 2.75) is 76.3 Å². The van der Waals surface area contributed by atoms with E-state index in [0.29, 0.717) is 0 Å². The molecule has 2 aliphatic heterocycles. The van der Waals surface area contributed by atoms with E-state index in [1.165, 1.54) is 64.2 Å². The van der Waals surface area contributed by atoms with Crippen molar-refractivity contribution in [3.05, 3.63) is 0 Å². The second-order valence-corrected chi connectivity index (χ2v) is 4.84. The van der Waals surface area contributed by atoms with Crippen molar-refractivity contribution in [2.24, 2.45) is 0 Å². The van der Waals surface area contributed by atoms with Crippen molar-refractivity contribution in [2.75, 3.05) is 0 Å². The van der Waals surface area contributed by atoms with Crippen LogP contribution in [-0.2, 0) is 0 Å². The fraction of sp³-hybridized carbons (Fsp3) is 1.00. The summed E-state index contributed by atoms with van der Waals surface area (Å²) in [5.74, 6) is 0. The van der Waals surface area contributed by atoms with Crippen LogP contribution in [0.15, 0.2) is 0 Å². The minimum absolute atomic E-state index is 0.872. The van der Waals surface area contributed by atoms with Crippen LogP contribution < -0.4 is 5.32 Å². The second kappa shape index (κ2) is 4.99. The first-order valence-corrected chi connectivity index (χ1v) is 6.21. The molecule has 2 unspecified atom stereocenters. The highest BCUT2D eigenvalue weighted by molar-refractivity contribution is 4.80. The molecular formula is C12H23N. The highest BCUT2D eigenvalue weighted by Crippen LogP contribution is 2.22. The molecule has 2 fully saturated rings. The first-order valence-electron chi connectivity index (χ1n) is 6.21. The molecule has 0 aromatic heterocycles. The summed E-state index contributed by atoms with van der Waals surface area (Å²) < 4.78 is 0. The van der Waals surface area contributed by atoms with Crippen molar-refractivity contribution in [3.63, 3.8) is 0 Å². The van der Waals surface area contributed by atoms with Gasteiger partial charge < -0.3 is 5.32 Å². The van der Waals surface area contributed by atoms with Gasteiger partial charge in [-0.3, -0.25) is 0 Å². The van der Waals surface area contributed by atoms with Crippen LogP contribution in [0.3, 0.4) is 0 Å². The molecule has 1 heteroatoms. The molecule has 1 nitrogen and oxygen atoms in total. The molecule has 0 radical (unpaired) electrons. The number of piperidine rings is 1. The Morgan fingerprint density at radius 3 is 1.62 bits per heavy atom. The van der Waals surface area contributed by atoms with Crippen molar-refractivity contribution in [3.8, 4) is 0 Å². The van der Waals surface area contributed by atoms with Gasteiger partial charge >= 0.3 is 0 Å². The molecule has 2 aliphatic rings. The quantitative estimate of drug-likeness (QED) is 0.605. The fourth-order valence-corrected chi connectivity index (χ4v) is 2.88. The SMILES string of the molecule is C1CCCC2CCCC(CCC1)N2. The van der Waals surface area contributed by atoms with Gasteiger partial charge in [-0.05, 0) is 25.7 Å². The zero-order valence-corrected chi connectivity index (χ0v) is 8.73. The van der Waals surface area contributed by atoms with E-state index in [2.05, 4.69) is 5.32 Å². The fourth-order valence-electron chi connectivity index (χ4n) is 2.88. The molecule has 0 saturated carbocycles. The molecule has 0 aromatic carbocycles. The van der Waals surface area contributed by atoms with Crippen molar-refractivity contribution >= 4 is 0 Å². The molecule has 0 aromatic rings. The van der Waals surface area contributed by atoms with E-state index in [4.69, 9.17) is 0 Å². The number of hydrogen-bond acceptors (Lipinski definition) is 1. The van der Waals surface area contributed by atoms with Gasteiger partial charge in [0.15, 0.2) is 0 Å². The Labute approximate surface area is 82.3 Å². The molecular weight excluding hydrogens is 158 g/mol. The molecule has 2 heterocycles. The summed E-state index contributed by atoms with van der Waals surface area (Å²) >= 11 is 0.